The Morgan fingerprint density at radius 2 is 2.21 bits per heavy atom. The highest BCUT2D eigenvalue weighted by atomic mass is 16.4. The fraction of sp³-hybridized carbons (Fsp3) is 0.562. The van der Waals surface area contributed by atoms with Crippen molar-refractivity contribution in [1.29, 1.82) is 0 Å². The number of aliphatic carboxylic acids is 1. The van der Waals surface area contributed by atoms with Gasteiger partial charge < -0.3 is 10.0 Å². The third-order valence-corrected chi connectivity index (χ3v) is 3.90. The standard InChI is InChI=1S/C16H23NO2/c1-3-6-12(2)10-17-11-14(16(18)19)9-13-7-4-5-8-15(13)17/h4-5,7-8,12,14H,3,6,9-11H2,1-2H3,(H,18,19). The molecule has 0 amide bonds. The first-order chi connectivity index (χ1) is 9.11. The summed E-state index contributed by atoms with van der Waals surface area (Å²) in [4.78, 5) is 13.6. The summed E-state index contributed by atoms with van der Waals surface area (Å²) in [5.74, 6) is -0.350. The molecule has 3 nitrogen and oxygen atoms in total. The first kappa shape index (κ1) is 13.9. The van der Waals surface area contributed by atoms with Gasteiger partial charge in [0.25, 0.3) is 0 Å². The van der Waals surface area contributed by atoms with Crippen molar-refractivity contribution in [3.05, 3.63) is 29.8 Å². The maximum absolute atomic E-state index is 11.3. The van der Waals surface area contributed by atoms with E-state index in [1.165, 1.54) is 24.1 Å². The summed E-state index contributed by atoms with van der Waals surface area (Å²) in [5.41, 5.74) is 2.40. The molecular formula is C16H23NO2. The molecule has 0 bridgehead atoms. The van der Waals surface area contributed by atoms with E-state index in [1.807, 2.05) is 12.1 Å². The maximum atomic E-state index is 11.3. The molecule has 0 aliphatic carbocycles. The minimum atomic E-state index is -0.678. The number of para-hydroxylation sites is 1. The van der Waals surface area contributed by atoms with Gasteiger partial charge in [-0.3, -0.25) is 4.79 Å². The zero-order chi connectivity index (χ0) is 13.8. The van der Waals surface area contributed by atoms with Gasteiger partial charge in [-0.15, -0.1) is 0 Å². The van der Waals surface area contributed by atoms with Gasteiger partial charge in [0, 0.05) is 18.8 Å². The van der Waals surface area contributed by atoms with E-state index in [2.05, 4.69) is 30.9 Å². The lowest BCUT2D eigenvalue weighted by atomic mass is 9.91. The number of carbonyl (C=O) groups is 1. The average molecular weight is 261 g/mol. The summed E-state index contributed by atoms with van der Waals surface area (Å²) in [6, 6.07) is 8.21. The van der Waals surface area contributed by atoms with Crippen molar-refractivity contribution in [3.63, 3.8) is 0 Å². The molecule has 0 spiro atoms. The van der Waals surface area contributed by atoms with E-state index < -0.39 is 5.97 Å². The molecule has 2 rings (SSSR count). The van der Waals surface area contributed by atoms with E-state index in [9.17, 15) is 9.90 Å². The van der Waals surface area contributed by atoms with Gasteiger partial charge >= 0.3 is 5.97 Å². The normalized spacial score (nSPS) is 19.9. The predicted molar refractivity (Wildman–Crippen MR) is 77.6 cm³/mol. The van der Waals surface area contributed by atoms with Crippen LogP contribution in [0.5, 0.6) is 0 Å². The Morgan fingerprint density at radius 3 is 2.89 bits per heavy atom. The van der Waals surface area contributed by atoms with Crippen molar-refractivity contribution in [3.8, 4) is 0 Å². The summed E-state index contributed by atoms with van der Waals surface area (Å²) in [5, 5.41) is 9.29. The summed E-state index contributed by atoms with van der Waals surface area (Å²) in [6.45, 7) is 6.03. The van der Waals surface area contributed by atoms with E-state index in [1.54, 1.807) is 0 Å². The molecule has 0 radical (unpaired) electrons. The Balaban J connectivity index is 2.19. The second kappa shape index (κ2) is 6.09. The van der Waals surface area contributed by atoms with Gasteiger partial charge in [-0.25, -0.2) is 0 Å². The number of carboxylic acids is 1. The van der Waals surface area contributed by atoms with Crippen LogP contribution in [-0.4, -0.2) is 24.2 Å². The quantitative estimate of drug-likeness (QED) is 0.885. The van der Waals surface area contributed by atoms with Crippen molar-refractivity contribution in [2.45, 2.75) is 33.1 Å². The molecule has 2 atom stereocenters. The molecule has 2 unspecified atom stereocenters. The van der Waals surface area contributed by atoms with Crippen molar-refractivity contribution >= 4 is 11.7 Å². The molecule has 1 aromatic rings. The van der Waals surface area contributed by atoms with Gasteiger partial charge in [-0.05, 0) is 30.4 Å². The van der Waals surface area contributed by atoms with Crippen LogP contribution in [0.3, 0.4) is 0 Å². The number of carboxylic acid groups (broad SMARTS) is 1. The fourth-order valence-electron chi connectivity index (χ4n) is 2.98. The number of hydrogen-bond donors (Lipinski definition) is 1. The van der Waals surface area contributed by atoms with Crippen molar-refractivity contribution in [2.24, 2.45) is 11.8 Å². The molecule has 1 heterocycles. The molecular weight excluding hydrogens is 238 g/mol. The summed E-state index contributed by atoms with van der Waals surface area (Å²) >= 11 is 0. The number of fused-ring (bicyclic) bond motifs is 1. The van der Waals surface area contributed by atoms with Gasteiger partial charge in [-0.1, -0.05) is 38.5 Å². The lowest BCUT2D eigenvalue weighted by Crippen LogP contribution is -2.41. The molecule has 104 valence electrons. The van der Waals surface area contributed by atoms with Crippen LogP contribution >= 0.6 is 0 Å². The monoisotopic (exact) mass is 261 g/mol. The zero-order valence-corrected chi connectivity index (χ0v) is 11.8. The van der Waals surface area contributed by atoms with Gasteiger partial charge in [0.1, 0.15) is 0 Å². The van der Waals surface area contributed by atoms with E-state index in [0.717, 1.165) is 6.54 Å². The lowest BCUT2D eigenvalue weighted by molar-refractivity contribution is -0.141. The molecule has 0 saturated heterocycles. The zero-order valence-electron chi connectivity index (χ0n) is 11.8. The number of benzene rings is 1. The van der Waals surface area contributed by atoms with Crippen molar-refractivity contribution in [1.82, 2.24) is 0 Å². The van der Waals surface area contributed by atoms with Crippen LogP contribution in [-0.2, 0) is 11.2 Å². The minimum Gasteiger partial charge on any atom is -0.481 e. The van der Waals surface area contributed by atoms with Crippen LogP contribution in [0, 0.1) is 11.8 Å². The Morgan fingerprint density at radius 1 is 1.47 bits per heavy atom. The largest absolute Gasteiger partial charge is 0.481 e. The average Bonchev–Trinajstić information content (AvgIpc) is 2.38. The van der Waals surface area contributed by atoms with Crippen LogP contribution in [0.2, 0.25) is 0 Å². The Hall–Kier alpha value is -1.51. The SMILES string of the molecule is CCCC(C)CN1CC(C(=O)O)Cc2ccccc21. The number of anilines is 1. The van der Waals surface area contributed by atoms with Crippen LogP contribution in [0.25, 0.3) is 0 Å². The molecule has 3 heteroatoms. The molecule has 1 N–H and O–H groups in total. The highest BCUT2D eigenvalue weighted by molar-refractivity contribution is 5.73. The van der Waals surface area contributed by atoms with Crippen LogP contribution in [0.15, 0.2) is 24.3 Å². The van der Waals surface area contributed by atoms with Crippen LogP contribution < -0.4 is 4.90 Å². The van der Waals surface area contributed by atoms with Gasteiger partial charge in [-0.2, -0.15) is 0 Å². The first-order valence-corrected chi connectivity index (χ1v) is 7.17. The van der Waals surface area contributed by atoms with Gasteiger partial charge in [0.2, 0.25) is 0 Å². The number of hydrogen-bond acceptors (Lipinski definition) is 2. The Bertz CT molecular complexity index is 444. The molecule has 19 heavy (non-hydrogen) atoms. The smallest absolute Gasteiger partial charge is 0.308 e. The van der Waals surface area contributed by atoms with E-state index in [-0.39, 0.29) is 5.92 Å². The fourth-order valence-corrected chi connectivity index (χ4v) is 2.98. The minimum absolute atomic E-state index is 0.274. The third-order valence-electron chi connectivity index (χ3n) is 3.90. The van der Waals surface area contributed by atoms with Gasteiger partial charge in [0.05, 0.1) is 5.92 Å². The maximum Gasteiger partial charge on any atom is 0.308 e. The summed E-state index contributed by atoms with van der Waals surface area (Å²) in [7, 11) is 0. The predicted octanol–water partition coefficient (Wildman–Crippen LogP) is 3.19. The molecule has 1 aromatic carbocycles. The van der Waals surface area contributed by atoms with Gasteiger partial charge in [0.15, 0.2) is 0 Å². The molecule has 0 aromatic heterocycles. The second-order valence-electron chi connectivity index (χ2n) is 5.67. The third kappa shape index (κ3) is 3.28. The van der Waals surface area contributed by atoms with Crippen molar-refractivity contribution in [2.75, 3.05) is 18.0 Å². The molecule has 0 fully saturated rings. The molecule has 0 saturated carbocycles. The topological polar surface area (TPSA) is 40.5 Å². The Labute approximate surface area is 115 Å². The lowest BCUT2D eigenvalue weighted by Gasteiger charge is -2.36. The summed E-state index contributed by atoms with van der Waals surface area (Å²) in [6.07, 6.45) is 3.03. The molecule has 1 aliphatic heterocycles. The van der Waals surface area contributed by atoms with E-state index >= 15 is 0 Å². The molecule has 1 aliphatic rings. The van der Waals surface area contributed by atoms with Crippen molar-refractivity contribution < 1.29 is 9.90 Å². The highest BCUT2D eigenvalue weighted by Gasteiger charge is 2.29. The van der Waals surface area contributed by atoms with Crippen LogP contribution in [0.1, 0.15) is 32.3 Å². The highest BCUT2D eigenvalue weighted by Crippen LogP contribution is 2.30. The van der Waals surface area contributed by atoms with Crippen LogP contribution in [0.4, 0.5) is 5.69 Å². The van der Waals surface area contributed by atoms with E-state index in [0.29, 0.717) is 18.9 Å². The summed E-state index contributed by atoms with van der Waals surface area (Å²) < 4.78 is 0. The number of rotatable bonds is 5. The first-order valence-electron chi connectivity index (χ1n) is 7.17. The second-order valence-corrected chi connectivity index (χ2v) is 5.67. The van der Waals surface area contributed by atoms with E-state index in [4.69, 9.17) is 0 Å². The Kier molecular flexibility index (Phi) is 4.46. The number of nitrogens with zero attached hydrogens (tertiary/aromatic N) is 1.